The van der Waals surface area contributed by atoms with Crippen LogP contribution in [0.5, 0.6) is 11.5 Å². The Labute approximate surface area is 196 Å². The van der Waals surface area contributed by atoms with Gasteiger partial charge in [-0.25, -0.2) is 0 Å². The molecule has 1 aromatic heterocycles. The van der Waals surface area contributed by atoms with E-state index in [-0.39, 0.29) is 11.5 Å². The third-order valence-corrected chi connectivity index (χ3v) is 6.24. The molecule has 0 aliphatic carbocycles. The number of hydrogen-bond acceptors (Lipinski definition) is 8. The summed E-state index contributed by atoms with van der Waals surface area (Å²) < 4.78 is 16.6. The van der Waals surface area contributed by atoms with E-state index in [1.54, 1.807) is 30.3 Å². The maximum Gasteiger partial charge on any atom is 0.325 e. The Morgan fingerprint density at radius 1 is 1.06 bits per heavy atom. The highest BCUT2D eigenvalue weighted by Crippen LogP contribution is 2.35. The number of hydrogen-bond donors (Lipinski definition) is 2. The van der Waals surface area contributed by atoms with Crippen LogP contribution >= 0.6 is 22.9 Å². The van der Waals surface area contributed by atoms with Gasteiger partial charge in [-0.3, -0.25) is 24.5 Å². The van der Waals surface area contributed by atoms with Crippen molar-refractivity contribution in [2.45, 2.75) is 6.10 Å². The average Bonchev–Trinajstić information content (AvgIpc) is 3.17. The van der Waals surface area contributed by atoms with Gasteiger partial charge >= 0.3 is 5.97 Å². The van der Waals surface area contributed by atoms with E-state index in [1.165, 1.54) is 11.3 Å². The summed E-state index contributed by atoms with van der Waals surface area (Å²) in [4.78, 5) is 48.6. The van der Waals surface area contributed by atoms with Crippen LogP contribution in [0.3, 0.4) is 0 Å². The van der Waals surface area contributed by atoms with Crippen molar-refractivity contribution in [1.82, 2.24) is 10.6 Å². The summed E-state index contributed by atoms with van der Waals surface area (Å²) in [6, 6.07) is 14.1. The summed E-state index contributed by atoms with van der Waals surface area (Å²) in [7, 11) is 0. The molecule has 0 radical (unpaired) electrons. The minimum atomic E-state index is -1.02. The standard InChI is InChI=1S/C22H17ClN2O7S/c23-19-12-5-1-4-8-16(12)33-20(19)22(29)24-9-18(27)31-11-17(26)25-21(28)15-10-30-13-6-2-3-7-14(13)32-15/h1-8,15H,9-11H2,(H,24,29)(H,25,26,28)/t15-/m1/s1. The normalized spacial score (nSPS) is 14.4. The second kappa shape index (κ2) is 9.88. The Morgan fingerprint density at radius 3 is 2.58 bits per heavy atom. The molecule has 1 atom stereocenters. The van der Waals surface area contributed by atoms with Crippen molar-refractivity contribution in [1.29, 1.82) is 0 Å². The molecule has 3 aromatic rings. The monoisotopic (exact) mass is 488 g/mol. The number of esters is 1. The zero-order valence-corrected chi connectivity index (χ0v) is 18.5. The van der Waals surface area contributed by atoms with Crippen LogP contribution in [-0.2, 0) is 19.1 Å². The van der Waals surface area contributed by atoms with Crippen molar-refractivity contribution in [3.05, 3.63) is 58.4 Å². The number of nitrogens with one attached hydrogen (secondary N) is 2. The molecule has 9 nitrogen and oxygen atoms in total. The van der Waals surface area contributed by atoms with Gasteiger partial charge in [-0.2, -0.15) is 0 Å². The van der Waals surface area contributed by atoms with Gasteiger partial charge < -0.3 is 19.5 Å². The van der Waals surface area contributed by atoms with Gasteiger partial charge in [0.2, 0.25) is 6.10 Å². The first-order valence-electron chi connectivity index (χ1n) is 9.75. The molecule has 0 fully saturated rings. The molecule has 0 saturated heterocycles. The van der Waals surface area contributed by atoms with Crippen molar-refractivity contribution < 1.29 is 33.4 Å². The number of benzene rings is 2. The molecule has 0 saturated carbocycles. The van der Waals surface area contributed by atoms with E-state index in [0.717, 1.165) is 10.1 Å². The number of imide groups is 1. The minimum Gasteiger partial charge on any atom is -0.485 e. The molecule has 0 unspecified atom stereocenters. The van der Waals surface area contributed by atoms with Crippen LogP contribution in [0.4, 0.5) is 0 Å². The number of amides is 3. The SMILES string of the molecule is O=C(COC(=O)CNC(=O)c1sc2ccccc2c1Cl)NC(=O)[C@H]1COc2ccccc2O1. The van der Waals surface area contributed by atoms with Crippen molar-refractivity contribution >= 4 is 56.7 Å². The number of halogens is 1. The van der Waals surface area contributed by atoms with E-state index in [4.69, 9.17) is 25.8 Å². The van der Waals surface area contributed by atoms with E-state index >= 15 is 0 Å². The van der Waals surface area contributed by atoms with Gasteiger partial charge in [0.1, 0.15) is 18.0 Å². The number of rotatable bonds is 6. The van der Waals surface area contributed by atoms with E-state index in [2.05, 4.69) is 10.6 Å². The number of ether oxygens (including phenoxy) is 3. The van der Waals surface area contributed by atoms with Gasteiger partial charge in [-0.05, 0) is 18.2 Å². The van der Waals surface area contributed by atoms with Gasteiger partial charge in [-0.15, -0.1) is 11.3 Å². The van der Waals surface area contributed by atoms with Crippen LogP contribution in [-0.4, -0.2) is 49.6 Å². The smallest absolute Gasteiger partial charge is 0.325 e. The molecule has 0 spiro atoms. The number of para-hydroxylation sites is 2. The summed E-state index contributed by atoms with van der Waals surface area (Å²) in [6.07, 6.45) is -1.02. The molecular formula is C22H17ClN2O7S. The molecular weight excluding hydrogens is 472 g/mol. The fourth-order valence-corrected chi connectivity index (χ4v) is 4.43. The number of fused-ring (bicyclic) bond motifs is 2. The summed E-state index contributed by atoms with van der Waals surface area (Å²) in [6.45, 7) is -1.24. The van der Waals surface area contributed by atoms with Gasteiger partial charge in [0.05, 0.1) is 5.02 Å². The predicted octanol–water partition coefficient (Wildman–Crippen LogP) is 2.31. The Kier molecular flexibility index (Phi) is 6.76. The van der Waals surface area contributed by atoms with Crippen LogP contribution in [0.1, 0.15) is 9.67 Å². The van der Waals surface area contributed by atoms with Crippen molar-refractivity contribution in [2.24, 2.45) is 0 Å². The van der Waals surface area contributed by atoms with Crippen molar-refractivity contribution in [3.8, 4) is 11.5 Å². The van der Waals surface area contributed by atoms with E-state index < -0.39 is 42.9 Å². The molecule has 0 bridgehead atoms. The van der Waals surface area contributed by atoms with Crippen LogP contribution in [0.2, 0.25) is 5.02 Å². The number of carbonyl (C=O) groups excluding carboxylic acids is 4. The van der Waals surface area contributed by atoms with Crippen LogP contribution in [0.25, 0.3) is 10.1 Å². The average molecular weight is 489 g/mol. The largest absolute Gasteiger partial charge is 0.485 e. The zero-order chi connectivity index (χ0) is 23.4. The second-order valence-corrected chi connectivity index (χ2v) is 8.29. The van der Waals surface area contributed by atoms with E-state index in [9.17, 15) is 19.2 Å². The highest BCUT2D eigenvalue weighted by atomic mass is 35.5. The first kappa shape index (κ1) is 22.6. The van der Waals surface area contributed by atoms with Gasteiger partial charge in [0.25, 0.3) is 17.7 Å². The predicted molar refractivity (Wildman–Crippen MR) is 120 cm³/mol. The molecule has 1 aliphatic rings. The first-order chi connectivity index (χ1) is 15.9. The summed E-state index contributed by atoms with van der Waals surface area (Å²) in [5.41, 5.74) is 0. The molecule has 2 aromatic carbocycles. The topological polar surface area (TPSA) is 120 Å². The molecule has 2 N–H and O–H groups in total. The summed E-state index contributed by atoms with van der Waals surface area (Å²) in [5, 5.41) is 5.54. The molecule has 2 heterocycles. The number of thiophene rings is 1. The Morgan fingerprint density at radius 2 is 1.79 bits per heavy atom. The van der Waals surface area contributed by atoms with Gasteiger partial charge in [0, 0.05) is 10.1 Å². The summed E-state index contributed by atoms with van der Waals surface area (Å²) >= 11 is 7.44. The second-order valence-electron chi connectivity index (χ2n) is 6.86. The highest BCUT2D eigenvalue weighted by molar-refractivity contribution is 7.21. The van der Waals surface area contributed by atoms with Gasteiger partial charge in [-0.1, -0.05) is 41.9 Å². The minimum absolute atomic E-state index is 0.0672. The van der Waals surface area contributed by atoms with Crippen LogP contribution in [0.15, 0.2) is 48.5 Å². The van der Waals surface area contributed by atoms with Crippen LogP contribution in [0, 0.1) is 0 Å². The lowest BCUT2D eigenvalue weighted by Crippen LogP contribution is -2.47. The third kappa shape index (κ3) is 5.24. The zero-order valence-electron chi connectivity index (χ0n) is 17.0. The maximum absolute atomic E-state index is 12.3. The van der Waals surface area contributed by atoms with E-state index in [1.807, 2.05) is 18.2 Å². The highest BCUT2D eigenvalue weighted by Gasteiger charge is 2.28. The fraction of sp³-hybridized carbons (Fsp3) is 0.182. The maximum atomic E-state index is 12.3. The lowest BCUT2D eigenvalue weighted by molar-refractivity contribution is -0.149. The van der Waals surface area contributed by atoms with E-state index in [0.29, 0.717) is 16.5 Å². The lowest BCUT2D eigenvalue weighted by atomic mass is 10.2. The Bertz CT molecular complexity index is 1240. The lowest BCUT2D eigenvalue weighted by Gasteiger charge is -2.25. The Hall–Kier alpha value is -3.63. The van der Waals surface area contributed by atoms with Crippen molar-refractivity contribution in [2.75, 3.05) is 19.8 Å². The molecule has 11 heteroatoms. The van der Waals surface area contributed by atoms with Crippen LogP contribution < -0.4 is 20.1 Å². The molecule has 3 amide bonds. The first-order valence-corrected chi connectivity index (χ1v) is 10.9. The quantitative estimate of drug-likeness (QED) is 0.511. The van der Waals surface area contributed by atoms with Gasteiger partial charge in [0.15, 0.2) is 18.1 Å². The third-order valence-electron chi connectivity index (χ3n) is 4.56. The molecule has 4 rings (SSSR count). The molecule has 1 aliphatic heterocycles. The molecule has 170 valence electrons. The summed E-state index contributed by atoms with van der Waals surface area (Å²) in [5.74, 6) is -2.06. The fourth-order valence-electron chi connectivity index (χ4n) is 2.99. The number of carbonyl (C=O) groups is 4. The van der Waals surface area contributed by atoms with Crippen molar-refractivity contribution in [3.63, 3.8) is 0 Å². The Balaban J connectivity index is 1.21. The molecule has 33 heavy (non-hydrogen) atoms.